The van der Waals surface area contributed by atoms with Crippen molar-refractivity contribution in [2.24, 2.45) is 0 Å². The second kappa shape index (κ2) is 5.88. The van der Waals surface area contributed by atoms with Crippen molar-refractivity contribution in [1.29, 1.82) is 0 Å². The van der Waals surface area contributed by atoms with E-state index in [1.807, 2.05) is 50.2 Å². The Morgan fingerprint density at radius 3 is 2.58 bits per heavy atom. The second-order valence-electron chi connectivity index (χ2n) is 4.61. The molecule has 2 aromatic rings. The lowest BCUT2D eigenvalue weighted by Crippen LogP contribution is -2.00. The highest BCUT2D eigenvalue weighted by Gasteiger charge is 2.09. The highest BCUT2D eigenvalue weighted by molar-refractivity contribution is 9.10. The average molecular weight is 338 g/mol. The third-order valence-corrected chi connectivity index (χ3v) is 5.20. The summed E-state index contributed by atoms with van der Waals surface area (Å²) in [6.07, 6.45) is 0. The number of aryl methyl sites for hydroxylation is 2. The fourth-order valence-electron chi connectivity index (χ4n) is 1.86. The molecule has 0 aromatic heterocycles. The standard InChI is InChI=1S/C15H16BrNOS/c1-10-3-4-11(2)15(7-10)19(18)9-12-5-6-13(16)14(17)8-12/h3-8H,9,17H2,1-2H3. The molecule has 100 valence electrons. The predicted octanol–water partition coefficient (Wildman–Crippen LogP) is 3.96. The maximum Gasteiger partial charge on any atom is 0.0576 e. The molecule has 0 bridgehead atoms. The van der Waals surface area contributed by atoms with E-state index < -0.39 is 10.8 Å². The number of benzene rings is 2. The molecule has 0 heterocycles. The van der Waals surface area contributed by atoms with Gasteiger partial charge >= 0.3 is 0 Å². The Morgan fingerprint density at radius 2 is 1.89 bits per heavy atom. The van der Waals surface area contributed by atoms with Crippen LogP contribution in [-0.4, -0.2) is 4.21 Å². The lowest BCUT2D eigenvalue weighted by molar-refractivity contribution is 0.682. The second-order valence-corrected chi connectivity index (χ2v) is 6.89. The Hall–Kier alpha value is -1.13. The third-order valence-electron chi connectivity index (χ3n) is 2.95. The molecule has 2 aromatic carbocycles. The zero-order valence-corrected chi connectivity index (χ0v) is 13.3. The van der Waals surface area contributed by atoms with Gasteiger partial charge in [0, 0.05) is 15.1 Å². The molecule has 4 heteroatoms. The quantitative estimate of drug-likeness (QED) is 0.861. The number of hydrogen-bond donors (Lipinski definition) is 1. The first-order chi connectivity index (χ1) is 8.97. The fraction of sp³-hybridized carbons (Fsp3) is 0.200. The number of anilines is 1. The minimum absolute atomic E-state index is 0.488. The van der Waals surface area contributed by atoms with Crippen LogP contribution in [0, 0.1) is 13.8 Å². The topological polar surface area (TPSA) is 43.1 Å². The van der Waals surface area contributed by atoms with E-state index in [0.29, 0.717) is 11.4 Å². The highest BCUT2D eigenvalue weighted by atomic mass is 79.9. The molecule has 0 aliphatic heterocycles. The summed E-state index contributed by atoms with van der Waals surface area (Å²) < 4.78 is 13.3. The average Bonchev–Trinajstić information content (AvgIpc) is 2.36. The first-order valence-electron chi connectivity index (χ1n) is 5.97. The lowest BCUT2D eigenvalue weighted by Gasteiger charge is -2.08. The Morgan fingerprint density at radius 1 is 1.16 bits per heavy atom. The Kier molecular flexibility index (Phi) is 4.42. The molecule has 19 heavy (non-hydrogen) atoms. The zero-order chi connectivity index (χ0) is 14.0. The number of rotatable bonds is 3. The molecular weight excluding hydrogens is 322 g/mol. The molecule has 2 nitrogen and oxygen atoms in total. The normalized spacial score (nSPS) is 12.4. The molecule has 0 aliphatic rings. The van der Waals surface area contributed by atoms with E-state index in [1.165, 1.54) is 0 Å². The van der Waals surface area contributed by atoms with Crippen molar-refractivity contribution in [2.45, 2.75) is 24.5 Å². The Bertz CT molecular complexity index is 640. The van der Waals surface area contributed by atoms with Crippen LogP contribution >= 0.6 is 15.9 Å². The minimum atomic E-state index is -1.04. The first-order valence-corrected chi connectivity index (χ1v) is 8.08. The summed E-state index contributed by atoms with van der Waals surface area (Å²) in [7, 11) is -1.04. The van der Waals surface area contributed by atoms with Gasteiger partial charge in [-0.05, 0) is 64.7 Å². The molecule has 0 aliphatic carbocycles. The van der Waals surface area contributed by atoms with Crippen LogP contribution in [0.25, 0.3) is 0 Å². The van der Waals surface area contributed by atoms with Crippen LogP contribution in [0.15, 0.2) is 45.8 Å². The van der Waals surface area contributed by atoms with E-state index in [2.05, 4.69) is 15.9 Å². The van der Waals surface area contributed by atoms with Crippen LogP contribution in [0.2, 0.25) is 0 Å². The number of nitrogen functional groups attached to an aromatic ring is 1. The van der Waals surface area contributed by atoms with Crippen LogP contribution in [0.3, 0.4) is 0 Å². The molecule has 0 fully saturated rings. The van der Waals surface area contributed by atoms with Gasteiger partial charge in [-0.3, -0.25) is 4.21 Å². The summed E-state index contributed by atoms with van der Waals surface area (Å²) in [5, 5.41) is 0. The van der Waals surface area contributed by atoms with Crippen molar-refractivity contribution in [1.82, 2.24) is 0 Å². The SMILES string of the molecule is Cc1ccc(C)c(S(=O)Cc2ccc(Br)c(N)c2)c1. The first kappa shape index (κ1) is 14.3. The molecular formula is C15H16BrNOS. The number of nitrogens with two attached hydrogens (primary N) is 1. The lowest BCUT2D eigenvalue weighted by atomic mass is 10.2. The summed E-state index contributed by atoms with van der Waals surface area (Å²) in [4.78, 5) is 0.904. The molecule has 0 spiro atoms. The van der Waals surface area contributed by atoms with Gasteiger partial charge in [-0.1, -0.05) is 18.2 Å². The third kappa shape index (κ3) is 3.45. The Balaban J connectivity index is 2.25. The van der Waals surface area contributed by atoms with E-state index in [0.717, 1.165) is 26.1 Å². The summed E-state index contributed by atoms with van der Waals surface area (Å²) in [6, 6.07) is 11.8. The van der Waals surface area contributed by atoms with Crippen molar-refractivity contribution in [2.75, 3.05) is 5.73 Å². The summed E-state index contributed by atoms with van der Waals surface area (Å²) in [5.41, 5.74) is 9.70. The molecule has 0 radical (unpaired) electrons. The van der Waals surface area contributed by atoms with E-state index in [4.69, 9.17) is 5.73 Å². The monoisotopic (exact) mass is 337 g/mol. The molecule has 1 atom stereocenters. The largest absolute Gasteiger partial charge is 0.398 e. The zero-order valence-electron chi connectivity index (χ0n) is 10.9. The summed E-state index contributed by atoms with van der Waals surface area (Å²) in [5.74, 6) is 0.488. The van der Waals surface area contributed by atoms with E-state index in [1.54, 1.807) is 0 Å². The van der Waals surface area contributed by atoms with Crippen LogP contribution in [0.4, 0.5) is 5.69 Å². The van der Waals surface area contributed by atoms with Crippen LogP contribution in [0.5, 0.6) is 0 Å². The van der Waals surface area contributed by atoms with Gasteiger partial charge < -0.3 is 5.73 Å². The van der Waals surface area contributed by atoms with Gasteiger partial charge in [0.25, 0.3) is 0 Å². The van der Waals surface area contributed by atoms with Crippen molar-refractivity contribution in [3.63, 3.8) is 0 Å². The van der Waals surface area contributed by atoms with E-state index in [9.17, 15) is 4.21 Å². The number of halogens is 1. The van der Waals surface area contributed by atoms with Gasteiger partial charge in [0.15, 0.2) is 0 Å². The smallest absolute Gasteiger partial charge is 0.0576 e. The minimum Gasteiger partial charge on any atom is -0.398 e. The fourth-order valence-corrected chi connectivity index (χ4v) is 3.49. The molecule has 2 N–H and O–H groups in total. The van der Waals surface area contributed by atoms with Crippen molar-refractivity contribution < 1.29 is 4.21 Å². The molecule has 2 rings (SSSR count). The summed E-state index contributed by atoms with van der Waals surface area (Å²) >= 11 is 3.36. The molecule has 0 saturated carbocycles. The van der Waals surface area contributed by atoms with E-state index >= 15 is 0 Å². The van der Waals surface area contributed by atoms with Gasteiger partial charge in [0.1, 0.15) is 0 Å². The van der Waals surface area contributed by atoms with Gasteiger partial charge in [0.2, 0.25) is 0 Å². The van der Waals surface area contributed by atoms with Crippen molar-refractivity contribution in [3.8, 4) is 0 Å². The summed E-state index contributed by atoms with van der Waals surface area (Å²) in [6.45, 7) is 4.00. The van der Waals surface area contributed by atoms with Crippen molar-refractivity contribution >= 4 is 32.4 Å². The highest BCUT2D eigenvalue weighted by Crippen LogP contribution is 2.23. The van der Waals surface area contributed by atoms with Gasteiger partial charge in [-0.2, -0.15) is 0 Å². The predicted molar refractivity (Wildman–Crippen MR) is 84.6 cm³/mol. The Labute approximate surface area is 124 Å². The van der Waals surface area contributed by atoms with Crippen LogP contribution in [0.1, 0.15) is 16.7 Å². The van der Waals surface area contributed by atoms with Crippen molar-refractivity contribution in [3.05, 3.63) is 57.6 Å². The van der Waals surface area contributed by atoms with Crippen LogP contribution in [-0.2, 0) is 16.6 Å². The molecule has 1 unspecified atom stereocenters. The van der Waals surface area contributed by atoms with Gasteiger partial charge in [-0.25, -0.2) is 0 Å². The van der Waals surface area contributed by atoms with Gasteiger partial charge in [0.05, 0.1) is 16.6 Å². The molecule has 0 saturated heterocycles. The maximum atomic E-state index is 12.4. The maximum absolute atomic E-state index is 12.4. The van der Waals surface area contributed by atoms with Crippen LogP contribution < -0.4 is 5.73 Å². The number of hydrogen-bond acceptors (Lipinski definition) is 2. The van der Waals surface area contributed by atoms with E-state index in [-0.39, 0.29) is 0 Å². The van der Waals surface area contributed by atoms with Gasteiger partial charge in [-0.15, -0.1) is 0 Å². The molecule has 0 amide bonds.